The highest BCUT2D eigenvalue weighted by Gasteiger charge is 2.40. The minimum absolute atomic E-state index is 0.0886. The van der Waals surface area contributed by atoms with Crippen LogP contribution in [-0.4, -0.2) is 64.9 Å². The topological polar surface area (TPSA) is 107 Å². The van der Waals surface area contributed by atoms with Gasteiger partial charge in [0.15, 0.2) is 12.1 Å². The lowest BCUT2D eigenvalue weighted by Crippen LogP contribution is -2.46. The van der Waals surface area contributed by atoms with Gasteiger partial charge in [0, 0.05) is 47.9 Å². The molecule has 1 aliphatic rings. The highest BCUT2D eigenvalue weighted by atomic mass is 35.5. The SMILES string of the molecule is CCOP(=O)(CC)COc1ccc2c(C(C)=O)cn(CC(=O)N3C[C@H](F)C[C@H]3C(=O)NCc3cccc(Cl)c3F)c2c1. The van der Waals surface area contributed by atoms with Gasteiger partial charge in [-0.2, -0.15) is 0 Å². The fourth-order valence-electron chi connectivity index (χ4n) is 4.93. The maximum atomic E-state index is 14.5. The highest BCUT2D eigenvalue weighted by Crippen LogP contribution is 2.46. The number of hydrogen-bond donors (Lipinski definition) is 1. The van der Waals surface area contributed by atoms with Gasteiger partial charge >= 0.3 is 0 Å². The predicted octanol–water partition coefficient (Wildman–Crippen LogP) is 5.56. The van der Waals surface area contributed by atoms with Crippen molar-refractivity contribution in [3.05, 3.63) is 64.6 Å². The van der Waals surface area contributed by atoms with E-state index in [0.717, 1.165) is 4.90 Å². The molecule has 3 atom stereocenters. The van der Waals surface area contributed by atoms with E-state index in [1.165, 1.54) is 25.3 Å². The summed E-state index contributed by atoms with van der Waals surface area (Å²) in [6, 6.07) is 8.26. The van der Waals surface area contributed by atoms with Gasteiger partial charge in [0.25, 0.3) is 0 Å². The molecule has 3 aromatic rings. The molecule has 1 aliphatic heterocycles. The number of alkyl halides is 1. The van der Waals surface area contributed by atoms with E-state index in [0.29, 0.717) is 28.4 Å². The molecule has 1 N–H and O–H groups in total. The molecule has 1 fully saturated rings. The van der Waals surface area contributed by atoms with E-state index in [4.69, 9.17) is 20.9 Å². The fraction of sp³-hybridized carbons (Fsp3) is 0.414. The number of aromatic nitrogens is 1. The first-order chi connectivity index (χ1) is 20.0. The molecule has 42 heavy (non-hydrogen) atoms. The van der Waals surface area contributed by atoms with Crippen LogP contribution < -0.4 is 10.1 Å². The number of nitrogens with zero attached hydrogens (tertiary/aromatic N) is 2. The molecule has 0 saturated carbocycles. The summed E-state index contributed by atoms with van der Waals surface area (Å²) in [5, 5.41) is 3.06. The van der Waals surface area contributed by atoms with Crippen molar-refractivity contribution < 1.29 is 37.0 Å². The number of benzene rings is 2. The van der Waals surface area contributed by atoms with Crippen LogP contribution in [0.4, 0.5) is 8.78 Å². The molecule has 0 aliphatic carbocycles. The Morgan fingerprint density at radius 3 is 2.64 bits per heavy atom. The maximum absolute atomic E-state index is 14.5. The minimum atomic E-state index is -2.98. The van der Waals surface area contributed by atoms with Crippen molar-refractivity contribution in [2.24, 2.45) is 0 Å². The first-order valence-electron chi connectivity index (χ1n) is 13.6. The zero-order valence-electron chi connectivity index (χ0n) is 23.6. The van der Waals surface area contributed by atoms with Gasteiger partial charge in [-0.25, -0.2) is 8.78 Å². The van der Waals surface area contributed by atoms with Crippen LogP contribution in [0.3, 0.4) is 0 Å². The zero-order valence-corrected chi connectivity index (χ0v) is 25.2. The van der Waals surface area contributed by atoms with Crippen molar-refractivity contribution in [3.8, 4) is 5.75 Å². The van der Waals surface area contributed by atoms with Crippen molar-refractivity contribution in [3.63, 3.8) is 0 Å². The summed E-state index contributed by atoms with van der Waals surface area (Å²) < 4.78 is 54.3. The van der Waals surface area contributed by atoms with Crippen LogP contribution in [0.5, 0.6) is 5.75 Å². The molecular weight excluding hydrogens is 591 g/mol. The Kier molecular flexibility index (Phi) is 10.1. The van der Waals surface area contributed by atoms with Gasteiger partial charge in [-0.15, -0.1) is 0 Å². The number of halogens is 3. The van der Waals surface area contributed by atoms with E-state index in [1.807, 2.05) is 0 Å². The average molecular weight is 624 g/mol. The van der Waals surface area contributed by atoms with E-state index in [9.17, 15) is 27.7 Å². The Labute approximate surface area is 247 Å². The highest BCUT2D eigenvalue weighted by molar-refractivity contribution is 7.58. The molecule has 0 radical (unpaired) electrons. The molecule has 0 spiro atoms. The monoisotopic (exact) mass is 623 g/mol. The van der Waals surface area contributed by atoms with Crippen molar-refractivity contribution in [2.75, 3.05) is 25.7 Å². The Hall–Kier alpha value is -3.27. The lowest BCUT2D eigenvalue weighted by atomic mass is 10.1. The first kappa shape index (κ1) is 31.7. The van der Waals surface area contributed by atoms with Crippen molar-refractivity contribution in [1.29, 1.82) is 0 Å². The standard InChI is InChI=1S/C29H33ClF2N3O6P/c1-4-41-42(39,5-2)17-40-21-9-10-22-23(18(3)36)15-34(25(22)12-21)16-27(37)35-14-20(31)11-26(35)29(38)33-13-19-7-6-8-24(30)28(19)32/h6-10,12,15,20,26H,4-5,11,13-14,16-17H2,1-3H3,(H,33,38)/t20-,26+,42?/m1/s1. The number of rotatable bonds is 12. The van der Waals surface area contributed by atoms with Gasteiger partial charge in [-0.1, -0.05) is 30.7 Å². The molecule has 2 heterocycles. The molecule has 13 heteroatoms. The smallest absolute Gasteiger partial charge is 0.243 e. The largest absolute Gasteiger partial charge is 0.483 e. The van der Waals surface area contributed by atoms with E-state index in [-0.39, 0.29) is 55.4 Å². The molecule has 1 unspecified atom stereocenters. The number of hydrogen-bond acceptors (Lipinski definition) is 6. The number of amides is 2. The van der Waals surface area contributed by atoms with Gasteiger partial charge < -0.3 is 24.0 Å². The summed E-state index contributed by atoms with van der Waals surface area (Å²) >= 11 is 5.81. The number of nitrogens with one attached hydrogen (secondary N) is 1. The Morgan fingerprint density at radius 1 is 1.19 bits per heavy atom. The molecule has 9 nitrogen and oxygen atoms in total. The second-order valence-corrected chi connectivity index (χ2v) is 13.2. The molecular formula is C29H33ClF2N3O6P. The molecule has 2 aromatic carbocycles. The van der Waals surface area contributed by atoms with Crippen LogP contribution in [0.15, 0.2) is 42.6 Å². The predicted molar refractivity (Wildman–Crippen MR) is 155 cm³/mol. The van der Waals surface area contributed by atoms with Crippen molar-refractivity contribution >= 4 is 47.5 Å². The van der Waals surface area contributed by atoms with E-state index in [1.54, 1.807) is 42.7 Å². The third-order valence-corrected chi connectivity index (χ3v) is 9.68. The van der Waals surface area contributed by atoms with Gasteiger partial charge in [0.05, 0.1) is 23.7 Å². The van der Waals surface area contributed by atoms with Crippen molar-refractivity contribution in [1.82, 2.24) is 14.8 Å². The van der Waals surface area contributed by atoms with Crippen LogP contribution in [0.25, 0.3) is 10.9 Å². The summed E-state index contributed by atoms with van der Waals surface area (Å²) in [5.41, 5.74) is 1.04. The van der Waals surface area contributed by atoms with Crippen LogP contribution in [0.1, 0.15) is 43.1 Å². The second kappa shape index (κ2) is 13.4. The molecule has 226 valence electrons. The van der Waals surface area contributed by atoms with Crippen LogP contribution in [0.2, 0.25) is 5.02 Å². The third-order valence-electron chi connectivity index (χ3n) is 7.17. The van der Waals surface area contributed by atoms with E-state index in [2.05, 4.69) is 5.32 Å². The first-order valence-corrected chi connectivity index (χ1v) is 16.0. The summed E-state index contributed by atoms with van der Waals surface area (Å²) in [5.74, 6) is -1.67. The number of carbonyl (C=O) groups excluding carboxylic acids is 3. The van der Waals surface area contributed by atoms with E-state index < -0.39 is 37.2 Å². The molecule has 4 rings (SSSR count). The Balaban J connectivity index is 1.53. The molecule has 1 aromatic heterocycles. The summed E-state index contributed by atoms with van der Waals surface area (Å²) in [7, 11) is -2.98. The Bertz CT molecular complexity index is 1550. The molecule has 0 bridgehead atoms. The number of fused-ring (bicyclic) bond motifs is 1. The quantitative estimate of drug-likeness (QED) is 0.209. The Morgan fingerprint density at radius 2 is 1.95 bits per heavy atom. The van der Waals surface area contributed by atoms with Gasteiger partial charge in [-0.05, 0) is 32.0 Å². The average Bonchev–Trinajstić information content (AvgIpc) is 3.53. The fourth-order valence-corrected chi connectivity index (χ4v) is 6.38. The number of Topliss-reactive ketones (excluding diaryl/α,β-unsaturated/α-hetero) is 1. The lowest BCUT2D eigenvalue weighted by Gasteiger charge is -2.24. The van der Waals surface area contributed by atoms with Gasteiger partial charge in [0.2, 0.25) is 19.2 Å². The number of ether oxygens (including phenoxy) is 1. The summed E-state index contributed by atoms with van der Waals surface area (Å²) in [6.07, 6.45) is 0.0867. The number of carbonyl (C=O) groups is 3. The zero-order chi connectivity index (χ0) is 30.6. The van der Waals surface area contributed by atoms with Crippen LogP contribution in [-0.2, 0) is 31.8 Å². The second-order valence-electron chi connectivity index (χ2n) is 10.1. The van der Waals surface area contributed by atoms with Crippen LogP contribution >= 0.6 is 19.0 Å². The number of ketones is 1. The summed E-state index contributed by atoms with van der Waals surface area (Å²) in [4.78, 5) is 39.9. The number of likely N-dealkylation sites (tertiary alicyclic amines) is 1. The van der Waals surface area contributed by atoms with Crippen LogP contribution in [0, 0.1) is 5.82 Å². The van der Waals surface area contributed by atoms with Gasteiger partial charge in [0.1, 0.15) is 30.3 Å². The minimum Gasteiger partial charge on any atom is -0.483 e. The maximum Gasteiger partial charge on any atom is 0.243 e. The van der Waals surface area contributed by atoms with Gasteiger partial charge in [-0.3, -0.25) is 18.9 Å². The molecule has 1 saturated heterocycles. The molecule has 2 amide bonds. The third kappa shape index (κ3) is 7.02. The van der Waals surface area contributed by atoms with Crippen molar-refractivity contribution in [2.45, 2.75) is 52.5 Å². The summed E-state index contributed by atoms with van der Waals surface area (Å²) in [6.45, 7) is 4.46. The van der Waals surface area contributed by atoms with E-state index >= 15 is 0 Å². The lowest BCUT2D eigenvalue weighted by molar-refractivity contribution is -0.139. The normalized spacial score (nSPS) is 18.2.